The Bertz CT molecular complexity index is 1510. The van der Waals surface area contributed by atoms with Crippen molar-refractivity contribution in [3.63, 3.8) is 0 Å². The Hall–Kier alpha value is -3.58. The number of carbonyl (C=O) groups is 3. The van der Waals surface area contributed by atoms with Crippen LogP contribution in [0.3, 0.4) is 0 Å². The maximum atomic E-state index is 14.1. The zero-order valence-corrected chi connectivity index (χ0v) is 23.5. The van der Waals surface area contributed by atoms with Gasteiger partial charge >= 0.3 is 0 Å². The Morgan fingerprint density at radius 2 is 1.73 bits per heavy atom. The van der Waals surface area contributed by atoms with Crippen LogP contribution in [0.4, 0.5) is 5.69 Å². The highest BCUT2D eigenvalue weighted by Crippen LogP contribution is 2.53. The van der Waals surface area contributed by atoms with Crippen LogP contribution in [0.15, 0.2) is 59.0 Å². The van der Waals surface area contributed by atoms with Crippen LogP contribution in [0.25, 0.3) is 5.76 Å². The Balaban J connectivity index is 1.66. The molecule has 11 nitrogen and oxygen atoms in total. The maximum absolute atomic E-state index is 14.1. The van der Waals surface area contributed by atoms with Crippen molar-refractivity contribution in [2.24, 2.45) is 0 Å². The molecule has 0 bridgehead atoms. The van der Waals surface area contributed by atoms with Crippen LogP contribution in [-0.4, -0.2) is 106 Å². The lowest BCUT2D eigenvalue weighted by Crippen LogP contribution is -2.52. The van der Waals surface area contributed by atoms with Crippen molar-refractivity contribution in [1.29, 1.82) is 0 Å². The quantitative estimate of drug-likeness (QED) is 0.300. The molecule has 2 fully saturated rings. The van der Waals surface area contributed by atoms with Gasteiger partial charge < -0.3 is 19.6 Å². The molecule has 0 saturated carbocycles. The van der Waals surface area contributed by atoms with Gasteiger partial charge in [0.25, 0.3) is 17.6 Å². The molecule has 1 N–H and O–H groups in total. The first-order chi connectivity index (χ1) is 19.0. The molecule has 2 aromatic rings. The molecule has 1 unspecified atom stereocenters. The summed E-state index contributed by atoms with van der Waals surface area (Å²) in [5, 5.41) is 11.6. The summed E-state index contributed by atoms with van der Waals surface area (Å²) in [5.41, 5.74) is -1.32. The van der Waals surface area contributed by atoms with Gasteiger partial charge in [0, 0.05) is 64.1 Å². The number of Topliss-reactive ketones (excluding diaryl/α,β-unsaturated/α-hetero) is 1. The smallest absolute Gasteiger partial charge is 0.296 e. The Kier molecular flexibility index (Phi) is 7.29. The number of amides is 2. The van der Waals surface area contributed by atoms with Crippen molar-refractivity contribution in [2.45, 2.75) is 16.9 Å². The van der Waals surface area contributed by atoms with E-state index in [-0.39, 0.29) is 22.6 Å². The maximum Gasteiger partial charge on any atom is 0.296 e. The zero-order chi connectivity index (χ0) is 28.8. The standard InChI is InChI=1S/C28H32N4O7S/c1-29(2)40(37,38)20-9-6-8-19(18-20)24(33)23-25(34)26(35)32(13-7-12-31-14-16-39-17-15-31)28(23)21-10-4-5-11-22(21)30(3)27(28)36/h4-6,8-11,18,33H,7,12-17H2,1-3H3/b24-23-. The summed E-state index contributed by atoms with van der Waals surface area (Å²) in [4.78, 5) is 46.1. The summed E-state index contributed by atoms with van der Waals surface area (Å²) in [6, 6.07) is 12.4. The first kappa shape index (κ1) is 28.0. The van der Waals surface area contributed by atoms with E-state index in [0.717, 1.165) is 17.4 Å². The largest absolute Gasteiger partial charge is 0.507 e. The van der Waals surface area contributed by atoms with Gasteiger partial charge in [-0.2, -0.15) is 0 Å². The highest BCUT2D eigenvalue weighted by atomic mass is 32.2. The topological polar surface area (TPSA) is 128 Å². The monoisotopic (exact) mass is 568 g/mol. The van der Waals surface area contributed by atoms with Gasteiger partial charge in [-0.15, -0.1) is 0 Å². The normalized spacial score (nSPS) is 23.1. The molecule has 40 heavy (non-hydrogen) atoms. The second kappa shape index (κ2) is 10.4. The lowest BCUT2D eigenvalue weighted by atomic mass is 9.82. The van der Waals surface area contributed by atoms with Gasteiger partial charge in [0.05, 0.1) is 23.7 Å². The van der Waals surface area contributed by atoms with Crippen LogP contribution in [0.2, 0.25) is 0 Å². The number of ether oxygens (including phenoxy) is 1. The van der Waals surface area contributed by atoms with Gasteiger partial charge in [-0.1, -0.05) is 30.3 Å². The number of sulfonamides is 1. The summed E-state index contributed by atoms with van der Waals surface area (Å²) < 4.78 is 32.0. The highest BCUT2D eigenvalue weighted by Gasteiger charge is 2.66. The molecule has 0 aliphatic carbocycles. The number of para-hydroxylation sites is 1. The molecule has 3 aliphatic heterocycles. The molecular formula is C28H32N4O7S. The van der Waals surface area contributed by atoms with E-state index in [4.69, 9.17) is 4.74 Å². The van der Waals surface area contributed by atoms with Crippen LogP contribution in [0, 0.1) is 0 Å². The molecule has 1 spiro atoms. The number of likely N-dealkylation sites (tertiary alicyclic amines) is 1. The van der Waals surface area contributed by atoms with Crippen LogP contribution in [0.1, 0.15) is 17.5 Å². The minimum Gasteiger partial charge on any atom is -0.507 e. The van der Waals surface area contributed by atoms with Crippen molar-refractivity contribution in [2.75, 3.05) is 65.4 Å². The number of ketones is 1. The molecule has 2 amide bonds. The minimum atomic E-state index is -3.86. The number of benzene rings is 2. The summed E-state index contributed by atoms with van der Waals surface area (Å²) in [7, 11) is 0.467. The molecule has 12 heteroatoms. The third-order valence-corrected chi connectivity index (χ3v) is 9.60. The third kappa shape index (κ3) is 4.22. The van der Waals surface area contributed by atoms with E-state index in [2.05, 4.69) is 4.90 Å². The van der Waals surface area contributed by atoms with Crippen molar-refractivity contribution in [1.82, 2.24) is 14.1 Å². The van der Waals surface area contributed by atoms with Crippen LogP contribution in [0.5, 0.6) is 0 Å². The summed E-state index contributed by atoms with van der Waals surface area (Å²) >= 11 is 0. The number of nitrogens with zero attached hydrogens (tertiary/aromatic N) is 4. The average molecular weight is 569 g/mol. The SMILES string of the molecule is CN1C(=O)C2(/C(=C(\O)c3cccc(S(=O)(=O)N(C)C)c3)C(=O)C(=O)N2CCCN2CCOCC2)c2ccccc21. The fourth-order valence-electron chi connectivity index (χ4n) is 5.71. The van der Waals surface area contributed by atoms with Gasteiger partial charge in [0.15, 0.2) is 5.54 Å². The number of hydrogen-bond donors (Lipinski definition) is 1. The number of rotatable bonds is 7. The van der Waals surface area contributed by atoms with Crippen molar-refractivity contribution in [3.05, 3.63) is 65.2 Å². The Morgan fingerprint density at radius 1 is 1.02 bits per heavy atom. The van der Waals surface area contributed by atoms with Crippen molar-refractivity contribution in [3.8, 4) is 0 Å². The number of morpholine rings is 1. The number of aliphatic hydroxyl groups excluding tert-OH is 1. The lowest BCUT2D eigenvalue weighted by molar-refractivity contribution is -0.143. The predicted octanol–water partition coefficient (Wildman–Crippen LogP) is 1.21. The molecule has 3 aliphatic rings. The molecule has 3 heterocycles. The average Bonchev–Trinajstić information content (AvgIpc) is 3.31. The molecule has 5 rings (SSSR count). The molecule has 0 radical (unpaired) electrons. The Morgan fingerprint density at radius 3 is 2.42 bits per heavy atom. The van der Waals surface area contributed by atoms with Gasteiger partial charge in [0.1, 0.15) is 5.76 Å². The fourth-order valence-corrected chi connectivity index (χ4v) is 6.66. The minimum absolute atomic E-state index is 0.00782. The van der Waals surface area contributed by atoms with Crippen LogP contribution in [-0.2, 0) is 34.7 Å². The molecule has 2 aromatic carbocycles. The third-order valence-electron chi connectivity index (χ3n) is 7.79. The van der Waals surface area contributed by atoms with E-state index in [9.17, 15) is 27.9 Å². The zero-order valence-electron chi connectivity index (χ0n) is 22.7. The lowest BCUT2D eigenvalue weighted by Gasteiger charge is -2.35. The number of anilines is 1. The van der Waals surface area contributed by atoms with E-state index in [0.29, 0.717) is 37.4 Å². The van der Waals surface area contributed by atoms with E-state index < -0.39 is 38.9 Å². The van der Waals surface area contributed by atoms with Crippen LogP contribution >= 0.6 is 0 Å². The van der Waals surface area contributed by atoms with Crippen LogP contribution < -0.4 is 4.90 Å². The second-order valence-electron chi connectivity index (χ2n) is 10.2. The van der Waals surface area contributed by atoms with Crippen molar-refractivity contribution < 1.29 is 32.6 Å². The molecular weight excluding hydrogens is 536 g/mol. The fraction of sp³-hybridized carbons (Fsp3) is 0.393. The first-order valence-electron chi connectivity index (χ1n) is 13.0. The summed E-state index contributed by atoms with van der Waals surface area (Å²) in [6.45, 7) is 3.47. The first-order valence-corrected chi connectivity index (χ1v) is 14.5. The molecule has 212 valence electrons. The van der Waals surface area contributed by atoms with Gasteiger partial charge in [-0.3, -0.25) is 19.3 Å². The second-order valence-corrected chi connectivity index (χ2v) is 12.4. The Labute approximate surface area is 233 Å². The summed E-state index contributed by atoms with van der Waals surface area (Å²) in [6.07, 6.45) is 0.491. The number of hydrogen-bond acceptors (Lipinski definition) is 8. The van der Waals surface area contributed by atoms with E-state index >= 15 is 0 Å². The number of carbonyl (C=O) groups excluding carboxylic acids is 3. The van der Waals surface area contributed by atoms with Gasteiger partial charge in [-0.05, 0) is 24.6 Å². The molecule has 2 saturated heterocycles. The van der Waals surface area contributed by atoms with Gasteiger partial charge in [-0.25, -0.2) is 12.7 Å². The summed E-state index contributed by atoms with van der Waals surface area (Å²) in [5.74, 6) is -3.04. The van der Waals surface area contributed by atoms with Gasteiger partial charge in [0.2, 0.25) is 10.0 Å². The molecule has 1 atom stereocenters. The number of aliphatic hydroxyl groups is 1. The molecule has 0 aromatic heterocycles. The van der Waals surface area contributed by atoms with E-state index in [1.165, 1.54) is 48.2 Å². The highest BCUT2D eigenvalue weighted by molar-refractivity contribution is 7.89. The number of fused-ring (bicyclic) bond motifs is 2. The van der Waals surface area contributed by atoms with Crippen molar-refractivity contribution >= 4 is 39.1 Å². The van der Waals surface area contributed by atoms with E-state index in [1.807, 2.05) is 0 Å². The predicted molar refractivity (Wildman–Crippen MR) is 147 cm³/mol. The number of likely N-dealkylation sites (N-methyl/N-ethyl adjacent to an activating group) is 1. The van der Waals surface area contributed by atoms with E-state index in [1.54, 1.807) is 31.3 Å².